The molecule has 0 aliphatic carbocycles. The third-order valence-corrected chi connectivity index (χ3v) is 6.13. The molecule has 2 heterocycles. The molecule has 4 nitrogen and oxygen atoms in total. The number of quaternary nitrogens is 1. The number of nitrogens with zero attached hydrogens (tertiary/aromatic N) is 1. The average Bonchev–Trinajstić information content (AvgIpc) is 3.16. The van der Waals surface area contributed by atoms with Gasteiger partial charge in [-0.3, -0.25) is 4.79 Å². The first-order chi connectivity index (χ1) is 11.2. The molecule has 3 rings (SSSR count). The molecule has 126 valence electrons. The van der Waals surface area contributed by atoms with Gasteiger partial charge in [0.25, 0.3) is 0 Å². The van der Waals surface area contributed by atoms with Crippen LogP contribution in [0.15, 0.2) is 24.3 Å². The van der Waals surface area contributed by atoms with Gasteiger partial charge >= 0.3 is 0 Å². The number of thioether (sulfide) groups is 1. The minimum atomic E-state index is 0.0557. The summed E-state index contributed by atoms with van der Waals surface area (Å²) in [6.45, 7) is 9.16. The van der Waals surface area contributed by atoms with Gasteiger partial charge in [-0.2, -0.15) is 0 Å². The Morgan fingerprint density at radius 3 is 2.61 bits per heavy atom. The fraction of sp³-hybridized carbons (Fsp3) is 0.611. The van der Waals surface area contributed by atoms with Crippen molar-refractivity contribution < 1.29 is 14.4 Å². The standard InChI is InChI=1S/C18H26N2O2S/c1-3-22-16-8-6-15(7-9-16)18-20(17(21)14(2)23-18)13-12-19-10-4-5-11-19/h6-9,14,18H,3-5,10-13H2,1-2H3/p+1/t14-,18+/m0/s1. The Hall–Kier alpha value is -1.20. The second kappa shape index (κ2) is 7.58. The molecule has 2 aliphatic heterocycles. The predicted molar refractivity (Wildman–Crippen MR) is 93.9 cm³/mol. The van der Waals surface area contributed by atoms with Crippen molar-refractivity contribution >= 4 is 17.7 Å². The maximum absolute atomic E-state index is 12.5. The predicted octanol–water partition coefficient (Wildman–Crippen LogP) is 1.73. The van der Waals surface area contributed by atoms with Gasteiger partial charge in [-0.25, -0.2) is 0 Å². The van der Waals surface area contributed by atoms with Crippen LogP contribution < -0.4 is 9.64 Å². The minimum absolute atomic E-state index is 0.0557. The van der Waals surface area contributed by atoms with Gasteiger partial charge in [-0.15, -0.1) is 11.8 Å². The molecule has 0 radical (unpaired) electrons. The third kappa shape index (κ3) is 3.83. The van der Waals surface area contributed by atoms with Gasteiger partial charge < -0.3 is 14.5 Å². The van der Waals surface area contributed by atoms with Crippen molar-refractivity contribution in [2.24, 2.45) is 0 Å². The normalized spacial score (nSPS) is 25.3. The molecule has 1 aromatic carbocycles. The number of benzene rings is 1. The third-order valence-electron chi connectivity index (χ3n) is 4.74. The Morgan fingerprint density at radius 2 is 1.96 bits per heavy atom. The fourth-order valence-corrected chi connectivity index (χ4v) is 4.77. The van der Waals surface area contributed by atoms with E-state index in [0.29, 0.717) is 6.61 Å². The number of carbonyl (C=O) groups is 1. The lowest BCUT2D eigenvalue weighted by Gasteiger charge is -2.25. The second-order valence-electron chi connectivity index (χ2n) is 6.37. The number of amides is 1. The van der Waals surface area contributed by atoms with Crippen LogP contribution in [0.3, 0.4) is 0 Å². The van der Waals surface area contributed by atoms with E-state index in [1.165, 1.54) is 31.5 Å². The van der Waals surface area contributed by atoms with Crippen molar-refractivity contribution in [3.8, 4) is 5.75 Å². The Labute approximate surface area is 143 Å². The van der Waals surface area contributed by atoms with E-state index in [2.05, 4.69) is 17.0 Å². The topological polar surface area (TPSA) is 34.0 Å². The summed E-state index contributed by atoms with van der Waals surface area (Å²) in [6, 6.07) is 8.22. The number of carbonyl (C=O) groups excluding carboxylic acids is 1. The quantitative estimate of drug-likeness (QED) is 0.860. The lowest BCUT2D eigenvalue weighted by atomic mass is 10.2. The Morgan fingerprint density at radius 1 is 1.26 bits per heavy atom. The van der Waals surface area contributed by atoms with Crippen LogP contribution in [0.25, 0.3) is 0 Å². The van der Waals surface area contributed by atoms with Gasteiger partial charge in [0.1, 0.15) is 11.1 Å². The smallest absolute Gasteiger partial charge is 0.236 e. The number of likely N-dealkylation sites (tertiary alicyclic amines) is 1. The van der Waals surface area contributed by atoms with E-state index < -0.39 is 0 Å². The van der Waals surface area contributed by atoms with Gasteiger partial charge in [0.2, 0.25) is 5.91 Å². The van der Waals surface area contributed by atoms with Gasteiger partial charge in [-0.05, 0) is 31.5 Å². The maximum Gasteiger partial charge on any atom is 0.236 e. The summed E-state index contributed by atoms with van der Waals surface area (Å²) >= 11 is 1.76. The molecule has 0 aromatic heterocycles. The molecule has 2 aliphatic rings. The summed E-state index contributed by atoms with van der Waals surface area (Å²) in [4.78, 5) is 16.3. The molecule has 2 atom stereocenters. The van der Waals surface area contributed by atoms with Gasteiger partial charge in [0, 0.05) is 12.8 Å². The number of hydrogen-bond donors (Lipinski definition) is 1. The van der Waals surface area contributed by atoms with E-state index in [0.717, 1.165) is 18.8 Å². The summed E-state index contributed by atoms with van der Waals surface area (Å²) in [5.41, 5.74) is 1.20. The van der Waals surface area contributed by atoms with Crippen LogP contribution in [-0.4, -0.2) is 48.8 Å². The van der Waals surface area contributed by atoms with E-state index in [-0.39, 0.29) is 16.5 Å². The molecule has 5 heteroatoms. The van der Waals surface area contributed by atoms with Gasteiger partial charge in [0.15, 0.2) is 0 Å². The Bertz CT molecular complexity index is 528. The molecular formula is C18H27N2O2S+. The highest BCUT2D eigenvalue weighted by Gasteiger charge is 2.38. The monoisotopic (exact) mass is 335 g/mol. The Kier molecular flexibility index (Phi) is 5.49. The summed E-state index contributed by atoms with van der Waals surface area (Å²) in [7, 11) is 0. The molecule has 0 bridgehead atoms. The van der Waals surface area contributed by atoms with Crippen molar-refractivity contribution in [3.63, 3.8) is 0 Å². The largest absolute Gasteiger partial charge is 0.494 e. The zero-order chi connectivity index (χ0) is 16.2. The van der Waals surface area contributed by atoms with Crippen molar-refractivity contribution in [2.75, 3.05) is 32.8 Å². The summed E-state index contributed by atoms with van der Waals surface area (Å²) in [5, 5.41) is 0.204. The highest BCUT2D eigenvalue weighted by atomic mass is 32.2. The van der Waals surface area contributed by atoms with Crippen molar-refractivity contribution in [1.29, 1.82) is 0 Å². The zero-order valence-corrected chi connectivity index (χ0v) is 14.9. The fourth-order valence-electron chi connectivity index (χ4n) is 3.46. The molecule has 1 N–H and O–H groups in total. The van der Waals surface area contributed by atoms with Crippen LogP contribution in [0.2, 0.25) is 0 Å². The minimum Gasteiger partial charge on any atom is -0.494 e. The number of rotatable bonds is 6. The van der Waals surface area contributed by atoms with Gasteiger partial charge in [-0.1, -0.05) is 12.1 Å². The van der Waals surface area contributed by atoms with Crippen molar-refractivity contribution in [1.82, 2.24) is 4.90 Å². The van der Waals surface area contributed by atoms with Crippen LogP contribution in [0.1, 0.15) is 37.6 Å². The summed E-state index contributed by atoms with van der Waals surface area (Å²) in [6.07, 6.45) is 2.66. The van der Waals surface area contributed by atoms with Crippen LogP contribution in [0.5, 0.6) is 5.75 Å². The van der Waals surface area contributed by atoms with Gasteiger partial charge in [0.05, 0.1) is 38.0 Å². The first-order valence-electron chi connectivity index (χ1n) is 8.71. The van der Waals surface area contributed by atoms with E-state index in [4.69, 9.17) is 4.74 Å². The van der Waals surface area contributed by atoms with Crippen molar-refractivity contribution in [2.45, 2.75) is 37.3 Å². The van der Waals surface area contributed by atoms with Crippen LogP contribution in [-0.2, 0) is 4.79 Å². The number of ether oxygens (including phenoxy) is 1. The number of hydrogen-bond acceptors (Lipinski definition) is 3. The van der Waals surface area contributed by atoms with E-state index >= 15 is 0 Å². The molecule has 0 saturated carbocycles. The Balaban J connectivity index is 1.68. The van der Waals surface area contributed by atoms with E-state index in [1.54, 1.807) is 16.7 Å². The SMILES string of the molecule is CCOc1ccc([C@H]2S[C@@H](C)C(=O)N2CC[NH+]2CCCC2)cc1. The molecule has 23 heavy (non-hydrogen) atoms. The highest BCUT2D eigenvalue weighted by Crippen LogP contribution is 2.42. The van der Waals surface area contributed by atoms with E-state index in [1.807, 2.05) is 26.0 Å². The molecule has 1 amide bonds. The molecule has 1 aromatic rings. The highest BCUT2D eigenvalue weighted by molar-refractivity contribution is 8.01. The maximum atomic E-state index is 12.5. The number of nitrogens with one attached hydrogen (secondary N) is 1. The lowest BCUT2D eigenvalue weighted by Crippen LogP contribution is -3.10. The van der Waals surface area contributed by atoms with E-state index in [9.17, 15) is 4.79 Å². The van der Waals surface area contributed by atoms with Crippen molar-refractivity contribution in [3.05, 3.63) is 29.8 Å². The zero-order valence-electron chi connectivity index (χ0n) is 14.1. The molecular weight excluding hydrogens is 308 g/mol. The molecule has 0 unspecified atom stereocenters. The first-order valence-corrected chi connectivity index (χ1v) is 9.65. The first kappa shape index (κ1) is 16.7. The molecule has 2 saturated heterocycles. The average molecular weight is 335 g/mol. The van der Waals surface area contributed by atoms with Crippen LogP contribution in [0, 0.1) is 0 Å². The second-order valence-corrected chi connectivity index (χ2v) is 7.80. The summed E-state index contributed by atoms with van der Waals surface area (Å²) < 4.78 is 5.52. The van der Waals surface area contributed by atoms with Crippen LogP contribution >= 0.6 is 11.8 Å². The molecule has 2 fully saturated rings. The summed E-state index contributed by atoms with van der Waals surface area (Å²) in [5.74, 6) is 1.18. The molecule has 0 spiro atoms. The lowest BCUT2D eigenvalue weighted by molar-refractivity contribution is -0.886. The van der Waals surface area contributed by atoms with Crippen LogP contribution in [0.4, 0.5) is 0 Å².